The standard InChI is InChI=1S/C19H20N2O2S2/c1-21-18-15(23-2)10-6-11-16(18)25-19(21)20-17(22)12-7-13-24-14-8-4-3-5-9-14/h3-6,8-11H,7,12-13H2,1-2H3. The van der Waals surface area contributed by atoms with Gasteiger partial charge in [0.05, 0.1) is 11.8 Å². The first-order valence-electron chi connectivity index (χ1n) is 8.07. The van der Waals surface area contributed by atoms with Crippen molar-refractivity contribution in [1.82, 2.24) is 4.57 Å². The van der Waals surface area contributed by atoms with Crippen molar-refractivity contribution in [3.63, 3.8) is 0 Å². The average Bonchev–Trinajstić information content (AvgIpc) is 2.95. The number of benzene rings is 2. The van der Waals surface area contributed by atoms with Gasteiger partial charge in [-0.3, -0.25) is 4.79 Å². The van der Waals surface area contributed by atoms with Crippen molar-refractivity contribution in [3.8, 4) is 5.75 Å². The summed E-state index contributed by atoms with van der Waals surface area (Å²) in [7, 11) is 3.57. The second-order valence-corrected chi connectivity index (χ2v) is 7.70. The molecule has 2 aromatic carbocycles. The fraction of sp³-hybridized carbons (Fsp3) is 0.263. The highest BCUT2D eigenvalue weighted by atomic mass is 32.2. The molecule has 0 aliphatic heterocycles. The summed E-state index contributed by atoms with van der Waals surface area (Å²) in [4.78, 5) is 18.4. The highest BCUT2D eigenvalue weighted by Gasteiger charge is 2.09. The highest BCUT2D eigenvalue weighted by molar-refractivity contribution is 7.99. The third-order valence-electron chi connectivity index (χ3n) is 3.77. The van der Waals surface area contributed by atoms with Crippen LogP contribution >= 0.6 is 23.1 Å². The van der Waals surface area contributed by atoms with Crippen LogP contribution in [-0.4, -0.2) is 23.3 Å². The lowest BCUT2D eigenvalue weighted by Gasteiger charge is -2.03. The van der Waals surface area contributed by atoms with E-state index in [9.17, 15) is 4.79 Å². The number of amides is 1. The molecule has 1 aromatic heterocycles. The monoisotopic (exact) mass is 372 g/mol. The van der Waals surface area contributed by atoms with E-state index >= 15 is 0 Å². The van der Waals surface area contributed by atoms with Gasteiger partial charge >= 0.3 is 0 Å². The van der Waals surface area contributed by atoms with Crippen LogP contribution in [0.25, 0.3) is 10.2 Å². The van der Waals surface area contributed by atoms with Gasteiger partial charge in [0.2, 0.25) is 5.91 Å². The van der Waals surface area contributed by atoms with Gasteiger partial charge in [-0.25, -0.2) is 0 Å². The molecule has 1 heterocycles. The SMILES string of the molecule is COc1cccc2sc(=NC(=O)CCCSc3ccccc3)n(C)c12. The molecular weight excluding hydrogens is 352 g/mol. The minimum absolute atomic E-state index is 0.0743. The summed E-state index contributed by atoms with van der Waals surface area (Å²) in [5, 5.41) is 0. The molecule has 0 saturated heterocycles. The quantitative estimate of drug-likeness (QED) is 0.480. The lowest BCUT2D eigenvalue weighted by atomic mass is 10.3. The maximum Gasteiger partial charge on any atom is 0.248 e. The smallest absolute Gasteiger partial charge is 0.248 e. The molecule has 6 heteroatoms. The highest BCUT2D eigenvalue weighted by Crippen LogP contribution is 2.26. The number of aromatic nitrogens is 1. The summed E-state index contributed by atoms with van der Waals surface area (Å²) in [6.07, 6.45) is 1.28. The maximum atomic E-state index is 12.2. The minimum Gasteiger partial charge on any atom is -0.495 e. The zero-order valence-electron chi connectivity index (χ0n) is 14.3. The number of ether oxygens (including phenoxy) is 1. The number of aryl methyl sites for hydroxylation is 1. The second kappa shape index (κ2) is 8.36. The van der Waals surface area contributed by atoms with Crippen molar-refractivity contribution in [2.75, 3.05) is 12.9 Å². The third kappa shape index (κ3) is 4.32. The van der Waals surface area contributed by atoms with Crippen LogP contribution in [0.2, 0.25) is 0 Å². The molecule has 0 aliphatic rings. The van der Waals surface area contributed by atoms with Gasteiger partial charge in [0.1, 0.15) is 11.3 Å². The molecule has 0 aliphatic carbocycles. The van der Waals surface area contributed by atoms with Crippen LogP contribution in [0.4, 0.5) is 0 Å². The summed E-state index contributed by atoms with van der Waals surface area (Å²) in [6.45, 7) is 0. The van der Waals surface area contributed by atoms with Crippen molar-refractivity contribution in [3.05, 3.63) is 53.3 Å². The predicted molar refractivity (Wildman–Crippen MR) is 104 cm³/mol. The number of fused-ring (bicyclic) bond motifs is 1. The van der Waals surface area contributed by atoms with Crippen molar-refractivity contribution < 1.29 is 9.53 Å². The number of carbonyl (C=O) groups is 1. The summed E-state index contributed by atoms with van der Waals surface area (Å²) in [6, 6.07) is 16.1. The third-order valence-corrected chi connectivity index (χ3v) is 5.97. The van der Waals surface area contributed by atoms with E-state index in [0.717, 1.165) is 28.1 Å². The molecule has 4 nitrogen and oxygen atoms in total. The normalized spacial score (nSPS) is 11.8. The molecule has 0 N–H and O–H groups in total. The first kappa shape index (κ1) is 17.8. The van der Waals surface area contributed by atoms with Crippen LogP contribution in [-0.2, 0) is 11.8 Å². The average molecular weight is 373 g/mol. The fourth-order valence-corrected chi connectivity index (χ4v) is 4.46. The summed E-state index contributed by atoms with van der Waals surface area (Å²) < 4.78 is 8.39. The number of carbonyl (C=O) groups excluding carboxylic acids is 1. The molecule has 0 radical (unpaired) electrons. The van der Waals surface area contributed by atoms with E-state index in [0.29, 0.717) is 11.2 Å². The number of nitrogens with zero attached hydrogens (tertiary/aromatic N) is 2. The number of para-hydroxylation sites is 1. The van der Waals surface area contributed by atoms with Crippen LogP contribution in [0, 0.1) is 0 Å². The maximum absolute atomic E-state index is 12.2. The summed E-state index contributed by atoms with van der Waals surface area (Å²) in [5.41, 5.74) is 0.973. The van der Waals surface area contributed by atoms with E-state index in [4.69, 9.17) is 4.74 Å². The Hall–Kier alpha value is -2.05. The van der Waals surface area contributed by atoms with Gasteiger partial charge in [0.15, 0.2) is 4.80 Å². The van der Waals surface area contributed by atoms with Gasteiger partial charge in [-0.05, 0) is 36.4 Å². The van der Waals surface area contributed by atoms with Crippen LogP contribution in [0.1, 0.15) is 12.8 Å². The Morgan fingerprint density at radius 2 is 2.00 bits per heavy atom. The Morgan fingerprint density at radius 3 is 2.76 bits per heavy atom. The van der Waals surface area contributed by atoms with Crippen molar-refractivity contribution in [2.24, 2.45) is 12.0 Å². The van der Waals surface area contributed by atoms with E-state index < -0.39 is 0 Å². The van der Waals surface area contributed by atoms with Gasteiger partial charge in [-0.2, -0.15) is 4.99 Å². The van der Waals surface area contributed by atoms with Crippen molar-refractivity contribution >= 4 is 39.2 Å². The molecule has 0 saturated carbocycles. The lowest BCUT2D eigenvalue weighted by molar-refractivity contribution is -0.118. The first-order valence-corrected chi connectivity index (χ1v) is 9.87. The second-order valence-electron chi connectivity index (χ2n) is 5.52. The number of methoxy groups -OCH3 is 1. The first-order chi connectivity index (χ1) is 12.2. The molecule has 130 valence electrons. The molecule has 0 spiro atoms. The summed E-state index contributed by atoms with van der Waals surface area (Å²) >= 11 is 3.28. The van der Waals surface area contributed by atoms with E-state index in [-0.39, 0.29) is 5.91 Å². The molecule has 3 aromatic rings. The number of rotatable bonds is 6. The molecule has 25 heavy (non-hydrogen) atoms. The van der Waals surface area contributed by atoms with Gasteiger partial charge in [-0.15, -0.1) is 11.8 Å². The van der Waals surface area contributed by atoms with Gasteiger partial charge in [-0.1, -0.05) is 35.6 Å². The van der Waals surface area contributed by atoms with Crippen molar-refractivity contribution in [1.29, 1.82) is 0 Å². The number of hydrogen-bond donors (Lipinski definition) is 0. The Morgan fingerprint density at radius 1 is 1.20 bits per heavy atom. The number of thioether (sulfide) groups is 1. The zero-order chi connectivity index (χ0) is 17.6. The Bertz CT molecular complexity index is 929. The van der Waals surface area contributed by atoms with Crippen LogP contribution < -0.4 is 9.54 Å². The van der Waals surface area contributed by atoms with E-state index in [1.54, 1.807) is 18.9 Å². The van der Waals surface area contributed by atoms with Crippen LogP contribution in [0.5, 0.6) is 5.75 Å². The molecule has 3 rings (SSSR count). The van der Waals surface area contributed by atoms with E-state index in [2.05, 4.69) is 17.1 Å². The Labute approximate surface area is 155 Å². The van der Waals surface area contributed by atoms with Crippen molar-refractivity contribution in [2.45, 2.75) is 17.7 Å². The van der Waals surface area contributed by atoms with Gasteiger partial charge < -0.3 is 9.30 Å². The topological polar surface area (TPSA) is 43.6 Å². The molecule has 0 fully saturated rings. The predicted octanol–water partition coefficient (Wildman–Crippen LogP) is 4.25. The lowest BCUT2D eigenvalue weighted by Crippen LogP contribution is -2.13. The zero-order valence-corrected chi connectivity index (χ0v) is 15.9. The summed E-state index contributed by atoms with van der Waals surface area (Å²) in [5.74, 6) is 1.64. The largest absolute Gasteiger partial charge is 0.495 e. The number of thiazole rings is 1. The fourth-order valence-electron chi connectivity index (χ4n) is 2.53. The molecule has 0 bridgehead atoms. The molecular formula is C19H20N2O2S2. The minimum atomic E-state index is -0.0743. The van der Waals surface area contributed by atoms with Crippen LogP contribution in [0.15, 0.2) is 58.4 Å². The van der Waals surface area contributed by atoms with E-state index in [1.165, 1.54) is 16.2 Å². The Balaban J connectivity index is 1.65. The number of hydrogen-bond acceptors (Lipinski definition) is 4. The molecule has 0 unspecified atom stereocenters. The van der Waals surface area contributed by atoms with E-state index in [1.807, 2.05) is 48.0 Å². The Kier molecular flexibility index (Phi) is 5.94. The van der Waals surface area contributed by atoms with Gasteiger partial charge in [0.25, 0.3) is 0 Å². The molecule has 0 atom stereocenters. The van der Waals surface area contributed by atoms with Gasteiger partial charge in [0, 0.05) is 18.4 Å². The van der Waals surface area contributed by atoms with Crippen LogP contribution in [0.3, 0.4) is 0 Å². The molecule has 1 amide bonds.